The topological polar surface area (TPSA) is 74.2 Å². The Balaban J connectivity index is 1.62. The number of hydrogen-bond acceptors (Lipinski definition) is 6. The molecule has 0 atom stereocenters. The summed E-state index contributed by atoms with van der Waals surface area (Å²) in [6.45, 7) is 0.342. The highest BCUT2D eigenvalue weighted by Gasteiger charge is 2.27. The predicted molar refractivity (Wildman–Crippen MR) is 114 cm³/mol. The molecule has 0 saturated heterocycles. The molecule has 6 nitrogen and oxygen atoms in total. The van der Waals surface area contributed by atoms with Crippen molar-refractivity contribution in [3.8, 4) is 11.5 Å². The molecule has 3 aromatic carbocycles. The van der Waals surface area contributed by atoms with Crippen LogP contribution in [0.4, 0.5) is 0 Å². The summed E-state index contributed by atoms with van der Waals surface area (Å²) < 4.78 is 35.1. The first-order chi connectivity index (χ1) is 14.6. The van der Waals surface area contributed by atoms with Crippen LogP contribution in [-0.4, -0.2) is 18.8 Å². The number of rotatable bonds is 11. The third-order valence-electron chi connectivity index (χ3n) is 4.35. The molecule has 0 saturated carbocycles. The number of phosphoric ester groups is 1. The fraction of sp³-hybridized carbons (Fsp3) is 0.217. The molecule has 158 valence electrons. The fourth-order valence-electron chi connectivity index (χ4n) is 2.72. The van der Waals surface area contributed by atoms with Gasteiger partial charge in [0.15, 0.2) is 11.5 Å². The van der Waals surface area contributed by atoms with Crippen molar-refractivity contribution < 1.29 is 28.0 Å². The Morgan fingerprint density at radius 1 is 0.767 bits per heavy atom. The minimum Gasteiger partial charge on any atom is -0.504 e. The molecule has 0 amide bonds. The zero-order chi connectivity index (χ0) is 21.2. The van der Waals surface area contributed by atoms with Crippen molar-refractivity contribution in [2.24, 2.45) is 0 Å². The van der Waals surface area contributed by atoms with Crippen LogP contribution in [0.5, 0.6) is 11.5 Å². The van der Waals surface area contributed by atoms with Gasteiger partial charge < -0.3 is 9.84 Å². The van der Waals surface area contributed by atoms with E-state index in [1.807, 2.05) is 60.7 Å². The molecule has 0 aliphatic carbocycles. The summed E-state index contributed by atoms with van der Waals surface area (Å²) in [5.74, 6) is 0.432. The molecule has 7 heteroatoms. The van der Waals surface area contributed by atoms with Gasteiger partial charge in [0.1, 0.15) is 0 Å². The monoisotopic (exact) mass is 428 g/mol. The van der Waals surface area contributed by atoms with Gasteiger partial charge >= 0.3 is 7.82 Å². The lowest BCUT2D eigenvalue weighted by Crippen LogP contribution is -2.04. The second kappa shape index (κ2) is 11.0. The van der Waals surface area contributed by atoms with Crippen molar-refractivity contribution in [1.82, 2.24) is 0 Å². The Morgan fingerprint density at radius 2 is 1.33 bits per heavy atom. The quantitative estimate of drug-likeness (QED) is 0.407. The van der Waals surface area contributed by atoms with Crippen molar-refractivity contribution in [1.29, 1.82) is 0 Å². The van der Waals surface area contributed by atoms with Gasteiger partial charge in [0.2, 0.25) is 0 Å². The van der Waals surface area contributed by atoms with Gasteiger partial charge in [-0.15, -0.1) is 0 Å². The molecule has 0 heterocycles. The summed E-state index contributed by atoms with van der Waals surface area (Å²) in [7, 11) is -2.31. The molecule has 0 aliphatic rings. The van der Waals surface area contributed by atoms with Crippen molar-refractivity contribution in [2.75, 3.05) is 13.7 Å². The predicted octanol–water partition coefficient (Wildman–Crippen LogP) is 5.50. The molecule has 3 rings (SSSR count). The maximum absolute atomic E-state index is 13.2. The first kappa shape index (κ1) is 22.1. The van der Waals surface area contributed by atoms with E-state index in [-0.39, 0.29) is 25.6 Å². The highest BCUT2D eigenvalue weighted by molar-refractivity contribution is 7.48. The molecule has 30 heavy (non-hydrogen) atoms. The van der Waals surface area contributed by atoms with Gasteiger partial charge in [-0.25, -0.2) is 4.57 Å². The smallest absolute Gasteiger partial charge is 0.475 e. The molecule has 0 aromatic heterocycles. The molecular weight excluding hydrogens is 403 g/mol. The summed E-state index contributed by atoms with van der Waals surface area (Å²) in [4.78, 5) is 0. The van der Waals surface area contributed by atoms with Crippen LogP contribution in [0.25, 0.3) is 0 Å². The van der Waals surface area contributed by atoms with Gasteiger partial charge in [0, 0.05) is 0 Å². The summed E-state index contributed by atoms with van der Waals surface area (Å²) in [6.07, 6.45) is 0.448. The minimum atomic E-state index is -3.80. The van der Waals surface area contributed by atoms with Crippen molar-refractivity contribution >= 4 is 7.82 Å². The molecule has 0 radical (unpaired) electrons. The lowest BCUT2D eigenvalue weighted by atomic mass is 10.1. The minimum absolute atomic E-state index is 0.0604. The normalized spacial score (nSPS) is 11.4. The standard InChI is InChI=1S/C23H25O6P/c1-26-23-16-19(12-13-22(23)24)14-15-27-30(25,28-17-20-8-4-2-5-9-20)29-18-21-10-6-3-7-11-21/h2-13,16,24H,14-15,17-18H2,1H3. The van der Waals surface area contributed by atoms with Crippen LogP contribution in [0, 0.1) is 0 Å². The Morgan fingerprint density at radius 3 is 1.87 bits per heavy atom. The summed E-state index contributed by atoms with van der Waals surface area (Å²) >= 11 is 0. The summed E-state index contributed by atoms with van der Waals surface area (Å²) in [5.41, 5.74) is 2.60. The SMILES string of the molecule is COc1cc(CCOP(=O)(OCc2ccccc2)OCc2ccccc2)ccc1O. The van der Waals surface area contributed by atoms with Crippen LogP contribution in [-0.2, 0) is 37.8 Å². The van der Waals surface area contributed by atoms with E-state index in [2.05, 4.69) is 0 Å². The average Bonchev–Trinajstić information content (AvgIpc) is 2.79. The van der Waals surface area contributed by atoms with Crippen LogP contribution in [0.3, 0.4) is 0 Å². The van der Waals surface area contributed by atoms with Crippen molar-refractivity contribution in [2.45, 2.75) is 19.6 Å². The zero-order valence-corrected chi connectivity index (χ0v) is 17.7. The number of phosphoric acid groups is 1. The van der Waals surface area contributed by atoms with Gasteiger partial charge in [-0.2, -0.15) is 0 Å². The van der Waals surface area contributed by atoms with E-state index >= 15 is 0 Å². The van der Waals surface area contributed by atoms with Gasteiger partial charge in [0.25, 0.3) is 0 Å². The Bertz CT molecular complexity index is 914. The molecule has 0 fully saturated rings. The summed E-state index contributed by atoms with van der Waals surface area (Å²) in [5, 5.41) is 9.71. The molecule has 0 spiro atoms. The molecule has 1 N–H and O–H groups in total. The molecular formula is C23H25O6P. The van der Waals surface area contributed by atoms with Crippen molar-refractivity contribution in [3.05, 3.63) is 95.6 Å². The lowest BCUT2D eigenvalue weighted by Gasteiger charge is -2.18. The number of ether oxygens (including phenoxy) is 1. The highest BCUT2D eigenvalue weighted by atomic mass is 31.2. The second-order valence-electron chi connectivity index (χ2n) is 6.55. The third kappa shape index (κ3) is 6.71. The van der Waals surface area contributed by atoms with Crippen LogP contribution in [0.1, 0.15) is 16.7 Å². The Kier molecular flexibility index (Phi) is 8.05. The van der Waals surface area contributed by atoms with E-state index in [0.29, 0.717) is 12.2 Å². The second-order valence-corrected chi connectivity index (χ2v) is 8.22. The Labute approximate surface area is 176 Å². The molecule has 0 aliphatic heterocycles. The maximum atomic E-state index is 13.2. The fourth-order valence-corrected chi connectivity index (χ4v) is 3.87. The van der Waals surface area contributed by atoms with Gasteiger partial charge in [-0.05, 0) is 35.2 Å². The van der Waals surface area contributed by atoms with E-state index < -0.39 is 7.82 Å². The first-order valence-electron chi connectivity index (χ1n) is 9.55. The number of phenols is 1. The van der Waals surface area contributed by atoms with Crippen LogP contribution >= 0.6 is 7.82 Å². The van der Waals surface area contributed by atoms with Crippen LogP contribution < -0.4 is 4.74 Å². The van der Waals surface area contributed by atoms with E-state index in [4.69, 9.17) is 18.3 Å². The Hall–Kier alpha value is -2.63. The molecule has 0 bridgehead atoms. The van der Waals surface area contributed by atoms with Crippen molar-refractivity contribution in [3.63, 3.8) is 0 Å². The van der Waals surface area contributed by atoms with Crippen LogP contribution in [0.15, 0.2) is 78.9 Å². The van der Waals surface area contributed by atoms with Gasteiger partial charge in [-0.1, -0.05) is 66.7 Å². The largest absolute Gasteiger partial charge is 0.504 e. The number of aromatic hydroxyl groups is 1. The highest BCUT2D eigenvalue weighted by Crippen LogP contribution is 2.51. The number of benzene rings is 3. The third-order valence-corrected chi connectivity index (χ3v) is 5.74. The lowest BCUT2D eigenvalue weighted by molar-refractivity contribution is 0.104. The van der Waals surface area contributed by atoms with E-state index in [1.165, 1.54) is 7.11 Å². The van der Waals surface area contributed by atoms with E-state index in [0.717, 1.165) is 16.7 Å². The van der Waals surface area contributed by atoms with Gasteiger partial charge in [-0.3, -0.25) is 13.6 Å². The first-order valence-corrected chi connectivity index (χ1v) is 11.0. The van der Waals surface area contributed by atoms with E-state index in [9.17, 15) is 9.67 Å². The number of phenolic OH excluding ortho intramolecular Hbond substituents is 1. The average molecular weight is 428 g/mol. The molecule has 3 aromatic rings. The number of hydrogen-bond donors (Lipinski definition) is 1. The number of methoxy groups -OCH3 is 1. The zero-order valence-electron chi connectivity index (χ0n) is 16.8. The van der Waals surface area contributed by atoms with Crippen LogP contribution in [0.2, 0.25) is 0 Å². The van der Waals surface area contributed by atoms with Gasteiger partial charge in [0.05, 0.1) is 26.9 Å². The summed E-state index contributed by atoms with van der Waals surface area (Å²) in [6, 6.07) is 23.9. The van der Waals surface area contributed by atoms with E-state index in [1.54, 1.807) is 18.2 Å². The maximum Gasteiger partial charge on any atom is 0.475 e. The molecule has 0 unspecified atom stereocenters.